The Hall–Kier alpha value is 0.350. The number of rotatable bonds is 7. The average molecular weight is 413 g/mol. The quantitative estimate of drug-likeness (QED) is 0.489. The van der Waals surface area contributed by atoms with E-state index in [1.54, 1.807) is 0 Å². The fourth-order valence-electron chi connectivity index (χ4n) is 1.48. The van der Waals surface area contributed by atoms with Gasteiger partial charge >= 0.3 is 0 Å². The normalized spacial score (nSPS) is 14.6. The van der Waals surface area contributed by atoms with Gasteiger partial charge in [-0.2, -0.15) is 0 Å². The topological polar surface area (TPSA) is 18.5 Å². The smallest absolute Gasteiger partial charge is 0.0919 e. The molecule has 1 aromatic carbocycles. The van der Waals surface area contributed by atoms with E-state index in [1.807, 2.05) is 26.0 Å². The van der Waals surface area contributed by atoms with Crippen molar-refractivity contribution in [2.24, 2.45) is 0 Å². The number of ether oxygens (including phenoxy) is 2. The van der Waals surface area contributed by atoms with Gasteiger partial charge in [0, 0.05) is 15.5 Å². The Balaban J connectivity index is 2.56. The summed E-state index contributed by atoms with van der Waals surface area (Å²) in [6, 6.07) is 8.29. The summed E-state index contributed by atoms with van der Waals surface area (Å²) < 4.78 is 13.4. The van der Waals surface area contributed by atoms with Crippen molar-refractivity contribution in [3.05, 3.63) is 34.3 Å². The van der Waals surface area contributed by atoms with E-state index in [1.165, 1.54) is 5.56 Å². The Labute approximate surface area is 125 Å². The number of benzene rings is 1. The molecule has 0 spiro atoms. The van der Waals surface area contributed by atoms with Gasteiger partial charge in [-0.3, -0.25) is 0 Å². The van der Waals surface area contributed by atoms with Gasteiger partial charge in [-0.25, -0.2) is 0 Å². The fraction of sp³-hybridized carbons (Fsp3) is 0.538. The highest BCUT2D eigenvalue weighted by Gasteiger charge is 2.14. The van der Waals surface area contributed by atoms with Gasteiger partial charge in [0.1, 0.15) is 0 Å². The van der Waals surface area contributed by atoms with Crippen LogP contribution >= 0.6 is 38.5 Å². The Morgan fingerprint density at radius 2 is 1.94 bits per heavy atom. The highest BCUT2D eigenvalue weighted by molar-refractivity contribution is 14.1. The standard InChI is InChI=1S/C13H18BrIO2/c1-3-16-9-10(2)17-13(8-15)11-4-6-12(14)7-5-11/h4-7,10,13H,3,8-9H2,1-2H3. The minimum Gasteiger partial charge on any atom is -0.379 e. The first-order chi connectivity index (χ1) is 8.17. The summed E-state index contributed by atoms with van der Waals surface area (Å²) in [5, 5.41) is 0. The number of alkyl halides is 1. The molecule has 0 amide bonds. The molecule has 0 aliphatic carbocycles. The van der Waals surface area contributed by atoms with Crippen LogP contribution in [0, 0.1) is 0 Å². The highest BCUT2D eigenvalue weighted by Crippen LogP contribution is 2.23. The lowest BCUT2D eigenvalue weighted by molar-refractivity contribution is -0.0377. The average Bonchev–Trinajstić information content (AvgIpc) is 2.34. The molecule has 2 atom stereocenters. The number of hydrogen-bond acceptors (Lipinski definition) is 2. The molecule has 0 fully saturated rings. The van der Waals surface area contributed by atoms with E-state index in [2.05, 4.69) is 50.7 Å². The first-order valence-electron chi connectivity index (χ1n) is 5.72. The van der Waals surface area contributed by atoms with Crippen LogP contribution < -0.4 is 0 Å². The molecule has 0 aromatic heterocycles. The Kier molecular flexibility index (Phi) is 7.66. The molecule has 0 bridgehead atoms. The second kappa shape index (κ2) is 8.45. The molecule has 0 aliphatic rings. The minimum atomic E-state index is 0.123. The van der Waals surface area contributed by atoms with Crippen LogP contribution in [0.15, 0.2) is 28.7 Å². The number of hydrogen-bond donors (Lipinski definition) is 0. The molecule has 0 heterocycles. The zero-order chi connectivity index (χ0) is 12.7. The van der Waals surface area contributed by atoms with Crippen molar-refractivity contribution in [3.8, 4) is 0 Å². The van der Waals surface area contributed by atoms with Gasteiger partial charge in [0.05, 0.1) is 18.8 Å². The summed E-state index contributed by atoms with van der Waals surface area (Å²) in [5.41, 5.74) is 1.21. The Morgan fingerprint density at radius 1 is 1.29 bits per heavy atom. The first kappa shape index (κ1) is 15.4. The predicted molar refractivity (Wildman–Crippen MR) is 82.8 cm³/mol. The van der Waals surface area contributed by atoms with E-state index < -0.39 is 0 Å². The van der Waals surface area contributed by atoms with Crippen molar-refractivity contribution < 1.29 is 9.47 Å². The Morgan fingerprint density at radius 3 is 2.47 bits per heavy atom. The van der Waals surface area contributed by atoms with Crippen molar-refractivity contribution in [3.63, 3.8) is 0 Å². The minimum absolute atomic E-state index is 0.123. The van der Waals surface area contributed by atoms with Crippen molar-refractivity contribution >= 4 is 38.5 Å². The van der Waals surface area contributed by atoms with Gasteiger partial charge in [-0.1, -0.05) is 50.7 Å². The summed E-state index contributed by atoms with van der Waals surface area (Å²) in [7, 11) is 0. The molecule has 0 saturated carbocycles. The largest absolute Gasteiger partial charge is 0.379 e. The van der Waals surface area contributed by atoms with Crippen molar-refractivity contribution in [1.82, 2.24) is 0 Å². The van der Waals surface area contributed by atoms with Crippen molar-refractivity contribution in [2.45, 2.75) is 26.1 Å². The summed E-state index contributed by atoms with van der Waals surface area (Å²) in [4.78, 5) is 0. The third-order valence-electron chi connectivity index (χ3n) is 2.34. The fourth-order valence-corrected chi connectivity index (χ4v) is 2.47. The maximum atomic E-state index is 5.98. The van der Waals surface area contributed by atoms with E-state index in [4.69, 9.17) is 9.47 Å². The van der Waals surface area contributed by atoms with Crippen LogP contribution in [-0.2, 0) is 9.47 Å². The van der Waals surface area contributed by atoms with Gasteiger partial charge in [-0.15, -0.1) is 0 Å². The third kappa shape index (κ3) is 5.68. The molecule has 0 aliphatic heterocycles. The van der Waals surface area contributed by atoms with E-state index in [0.717, 1.165) is 15.5 Å². The van der Waals surface area contributed by atoms with Gasteiger partial charge in [-0.05, 0) is 31.5 Å². The zero-order valence-electron chi connectivity index (χ0n) is 10.2. The second-order valence-electron chi connectivity index (χ2n) is 3.80. The Bertz CT molecular complexity index is 316. The maximum Gasteiger partial charge on any atom is 0.0919 e. The van der Waals surface area contributed by atoms with E-state index in [-0.39, 0.29) is 12.2 Å². The summed E-state index contributed by atoms with van der Waals surface area (Å²) in [6.07, 6.45) is 0.262. The van der Waals surface area contributed by atoms with Crippen LogP contribution in [0.3, 0.4) is 0 Å². The predicted octanol–water partition coefficient (Wildman–Crippen LogP) is 4.37. The lowest BCUT2D eigenvalue weighted by atomic mass is 10.1. The van der Waals surface area contributed by atoms with Crippen LogP contribution in [-0.4, -0.2) is 23.7 Å². The molecule has 1 rings (SSSR count). The molecule has 4 heteroatoms. The second-order valence-corrected chi connectivity index (χ2v) is 5.60. The van der Waals surface area contributed by atoms with Crippen LogP contribution in [0.4, 0.5) is 0 Å². The zero-order valence-corrected chi connectivity index (χ0v) is 13.9. The molecule has 0 saturated heterocycles. The van der Waals surface area contributed by atoms with Crippen LogP contribution in [0.2, 0.25) is 0 Å². The lowest BCUT2D eigenvalue weighted by Gasteiger charge is -2.21. The molecule has 96 valence electrons. The molecular weight excluding hydrogens is 395 g/mol. The number of halogens is 2. The molecule has 0 radical (unpaired) electrons. The molecule has 2 unspecified atom stereocenters. The highest BCUT2D eigenvalue weighted by atomic mass is 127. The van der Waals surface area contributed by atoms with Crippen LogP contribution in [0.1, 0.15) is 25.5 Å². The summed E-state index contributed by atoms with van der Waals surface area (Å²) in [5.74, 6) is 0. The molecule has 17 heavy (non-hydrogen) atoms. The molecule has 0 N–H and O–H groups in total. The van der Waals surface area contributed by atoms with Crippen molar-refractivity contribution in [1.29, 1.82) is 0 Å². The summed E-state index contributed by atoms with van der Waals surface area (Å²) >= 11 is 5.79. The third-order valence-corrected chi connectivity index (χ3v) is 3.66. The molecule has 2 nitrogen and oxygen atoms in total. The SMILES string of the molecule is CCOCC(C)OC(CI)c1ccc(Br)cc1. The maximum absolute atomic E-state index is 5.98. The first-order valence-corrected chi connectivity index (χ1v) is 8.03. The van der Waals surface area contributed by atoms with E-state index >= 15 is 0 Å². The van der Waals surface area contributed by atoms with E-state index in [0.29, 0.717) is 6.61 Å². The van der Waals surface area contributed by atoms with E-state index in [9.17, 15) is 0 Å². The van der Waals surface area contributed by atoms with Gasteiger partial charge < -0.3 is 9.47 Å². The molecule has 1 aromatic rings. The molecular formula is C13H18BrIO2. The van der Waals surface area contributed by atoms with Gasteiger partial charge in [0.15, 0.2) is 0 Å². The van der Waals surface area contributed by atoms with Gasteiger partial charge in [0.25, 0.3) is 0 Å². The monoisotopic (exact) mass is 412 g/mol. The lowest BCUT2D eigenvalue weighted by Crippen LogP contribution is -2.20. The van der Waals surface area contributed by atoms with Crippen molar-refractivity contribution in [2.75, 3.05) is 17.6 Å². The van der Waals surface area contributed by atoms with Crippen LogP contribution in [0.25, 0.3) is 0 Å². The van der Waals surface area contributed by atoms with Gasteiger partial charge in [0.2, 0.25) is 0 Å². The van der Waals surface area contributed by atoms with Crippen LogP contribution in [0.5, 0.6) is 0 Å². The summed E-state index contributed by atoms with van der Waals surface area (Å²) in [6.45, 7) is 5.44.